The number of aromatic nitrogens is 1. The SMILES string of the molecule is Cc1cc(CN2CCC(C)C(CN)C2)no1. The molecule has 0 spiro atoms. The summed E-state index contributed by atoms with van der Waals surface area (Å²) in [5.41, 5.74) is 6.82. The average Bonchev–Trinajstić information content (AvgIpc) is 2.67. The van der Waals surface area contributed by atoms with Crippen molar-refractivity contribution in [3.05, 3.63) is 17.5 Å². The van der Waals surface area contributed by atoms with Crippen LogP contribution in [0.3, 0.4) is 0 Å². The highest BCUT2D eigenvalue weighted by atomic mass is 16.5. The maximum absolute atomic E-state index is 5.79. The molecule has 1 aromatic heterocycles. The number of likely N-dealkylation sites (tertiary alicyclic amines) is 1. The van der Waals surface area contributed by atoms with Gasteiger partial charge in [0.15, 0.2) is 0 Å². The molecule has 1 aliphatic rings. The van der Waals surface area contributed by atoms with Crippen LogP contribution < -0.4 is 5.73 Å². The molecule has 2 rings (SSSR count). The van der Waals surface area contributed by atoms with Crippen molar-refractivity contribution >= 4 is 0 Å². The Morgan fingerprint density at radius 3 is 3.06 bits per heavy atom. The number of hydrogen-bond donors (Lipinski definition) is 1. The van der Waals surface area contributed by atoms with Gasteiger partial charge in [-0.05, 0) is 38.3 Å². The van der Waals surface area contributed by atoms with E-state index in [0.29, 0.717) is 5.92 Å². The maximum Gasteiger partial charge on any atom is 0.133 e. The lowest BCUT2D eigenvalue weighted by Gasteiger charge is -2.36. The van der Waals surface area contributed by atoms with Crippen LogP contribution in [0.1, 0.15) is 24.8 Å². The van der Waals surface area contributed by atoms with E-state index in [4.69, 9.17) is 10.3 Å². The second-order valence-corrected chi connectivity index (χ2v) is 4.93. The molecule has 0 aromatic carbocycles. The molecule has 0 radical (unpaired) electrons. The van der Waals surface area contributed by atoms with Crippen LogP contribution in [0.25, 0.3) is 0 Å². The minimum Gasteiger partial charge on any atom is -0.361 e. The van der Waals surface area contributed by atoms with E-state index in [-0.39, 0.29) is 0 Å². The summed E-state index contributed by atoms with van der Waals surface area (Å²) >= 11 is 0. The van der Waals surface area contributed by atoms with Crippen molar-refractivity contribution < 1.29 is 4.52 Å². The molecular formula is C12H21N3O. The molecule has 2 unspecified atom stereocenters. The molecule has 4 heteroatoms. The van der Waals surface area contributed by atoms with E-state index in [0.717, 1.165) is 43.6 Å². The summed E-state index contributed by atoms with van der Waals surface area (Å²) in [4.78, 5) is 2.43. The minimum absolute atomic E-state index is 0.627. The van der Waals surface area contributed by atoms with Crippen LogP contribution in [-0.4, -0.2) is 29.7 Å². The molecule has 0 amide bonds. The number of rotatable bonds is 3. The number of nitrogens with zero attached hydrogens (tertiary/aromatic N) is 2. The first-order valence-corrected chi connectivity index (χ1v) is 6.03. The van der Waals surface area contributed by atoms with Crippen molar-refractivity contribution in [2.45, 2.75) is 26.8 Å². The van der Waals surface area contributed by atoms with Crippen LogP contribution in [0.15, 0.2) is 10.6 Å². The van der Waals surface area contributed by atoms with Crippen molar-refractivity contribution in [1.82, 2.24) is 10.1 Å². The molecule has 90 valence electrons. The molecule has 2 heterocycles. The zero-order chi connectivity index (χ0) is 11.5. The van der Waals surface area contributed by atoms with Crippen LogP contribution >= 0.6 is 0 Å². The Kier molecular flexibility index (Phi) is 3.61. The van der Waals surface area contributed by atoms with Gasteiger partial charge in [0.2, 0.25) is 0 Å². The lowest BCUT2D eigenvalue weighted by molar-refractivity contribution is 0.123. The Balaban J connectivity index is 1.91. The fourth-order valence-electron chi connectivity index (χ4n) is 2.40. The van der Waals surface area contributed by atoms with E-state index in [1.54, 1.807) is 0 Å². The normalized spacial score (nSPS) is 27.2. The van der Waals surface area contributed by atoms with Gasteiger partial charge in [-0.1, -0.05) is 12.1 Å². The largest absolute Gasteiger partial charge is 0.361 e. The van der Waals surface area contributed by atoms with Gasteiger partial charge in [-0.15, -0.1) is 0 Å². The number of nitrogens with two attached hydrogens (primary N) is 1. The van der Waals surface area contributed by atoms with Crippen LogP contribution in [0.5, 0.6) is 0 Å². The van der Waals surface area contributed by atoms with Gasteiger partial charge in [-0.3, -0.25) is 4.90 Å². The van der Waals surface area contributed by atoms with Gasteiger partial charge < -0.3 is 10.3 Å². The van der Waals surface area contributed by atoms with E-state index in [2.05, 4.69) is 17.0 Å². The van der Waals surface area contributed by atoms with Crippen LogP contribution in [0.2, 0.25) is 0 Å². The van der Waals surface area contributed by atoms with Gasteiger partial charge in [0.1, 0.15) is 5.76 Å². The molecule has 4 nitrogen and oxygen atoms in total. The van der Waals surface area contributed by atoms with Gasteiger partial charge in [-0.2, -0.15) is 0 Å². The molecule has 2 atom stereocenters. The summed E-state index contributed by atoms with van der Waals surface area (Å²) < 4.78 is 5.08. The Morgan fingerprint density at radius 2 is 2.44 bits per heavy atom. The lowest BCUT2D eigenvalue weighted by Crippen LogP contribution is -2.42. The van der Waals surface area contributed by atoms with Gasteiger partial charge in [0, 0.05) is 19.2 Å². The molecule has 0 aliphatic carbocycles. The maximum atomic E-state index is 5.79. The third-order valence-corrected chi connectivity index (χ3v) is 3.56. The van der Waals surface area contributed by atoms with Crippen molar-refractivity contribution in [2.24, 2.45) is 17.6 Å². The molecule has 16 heavy (non-hydrogen) atoms. The third-order valence-electron chi connectivity index (χ3n) is 3.56. The van der Waals surface area contributed by atoms with E-state index in [1.165, 1.54) is 6.42 Å². The highest BCUT2D eigenvalue weighted by Crippen LogP contribution is 2.23. The Labute approximate surface area is 96.8 Å². The van der Waals surface area contributed by atoms with Crippen LogP contribution in [0, 0.1) is 18.8 Å². The van der Waals surface area contributed by atoms with Crippen molar-refractivity contribution in [2.75, 3.05) is 19.6 Å². The van der Waals surface area contributed by atoms with E-state index in [1.807, 2.05) is 13.0 Å². The predicted molar refractivity (Wildman–Crippen MR) is 62.8 cm³/mol. The van der Waals surface area contributed by atoms with E-state index < -0.39 is 0 Å². The van der Waals surface area contributed by atoms with Gasteiger partial charge in [-0.25, -0.2) is 0 Å². The van der Waals surface area contributed by atoms with Crippen LogP contribution in [-0.2, 0) is 6.54 Å². The third kappa shape index (κ3) is 2.62. The van der Waals surface area contributed by atoms with E-state index >= 15 is 0 Å². The second kappa shape index (κ2) is 4.97. The smallest absolute Gasteiger partial charge is 0.133 e. The molecular weight excluding hydrogens is 202 g/mol. The summed E-state index contributed by atoms with van der Waals surface area (Å²) in [5.74, 6) is 2.26. The summed E-state index contributed by atoms with van der Waals surface area (Å²) in [7, 11) is 0. The standard InChI is InChI=1S/C12H21N3O/c1-9-3-4-15(7-11(9)6-13)8-12-5-10(2)16-14-12/h5,9,11H,3-4,6-8,13H2,1-2H3. The molecule has 2 N–H and O–H groups in total. The Morgan fingerprint density at radius 1 is 1.62 bits per heavy atom. The fourth-order valence-corrected chi connectivity index (χ4v) is 2.40. The van der Waals surface area contributed by atoms with Gasteiger partial charge >= 0.3 is 0 Å². The zero-order valence-electron chi connectivity index (χ0n) is 10.1. The molecule has 1 aliphatic heterocycles. The topological polar surface area (TPSA) is 55.3 Å². The molecule has 1 aromatic rings. The average molecular weight is 223 g/mol. The quantitative estimate of drug-likeness (QED) is 0.841. The van der Waals surface area contributed by atoms with Crippen LogP contribution in [0.4, 0.5) is 0 Å². The fraction of sp³-hybridized carbons (Fsp3) is 0.750. The van der Waals surface area contributed by atoms with Gasteiger partial charge in [0.05, 0.1) is 5.69 Å². The zero-order valence-corrected chi connectivity index (χ0v) is 10.1. The molecule has 1 fully saturated rings. The van der Waals surface area contributed by atoms with Crippen molar-refractivity contribution in [1.29, 1.82) is 0 Å². The summed E-state index contributed by atoms with van der Waals surface area (Å²) in [6, 6.07) is 2.01. The second-order valence-electron chi connectivity index (χ2n) is 4.93. The molecule has 1 saturated heterocycles. The minimum atomic E-state index is 0.627. The highest BCUT2D eigenvalue weighted by molar-refractivity contribution is 5.03. The molecule has 0 bridgehead atoms. The number of piperidine rings is 1. The summed E-state index contributed by atoms with van der Waals surface area (Å²) in [6.07, 6.45) is 1.23. The summed E-state index contributed by atoms with van der Waals surface area (Å²) in [5, 5.41) is 4.03. The monoisotopic (exact) mass is 223 g/mol. The van der Waals surface area contributed by atoms with Gasteiger partial charge in [0.25, 0.3) is 0 Å². The lowest BCUT2D eigenvalue weighted by atomic mass is 9.87. The predicted octanol–water partition coefficient (Wildman–Crippen LogP) is 1.40. The summed E-state index contributed by atoms with van der Waals surface area (Å²) in [6.45, 7) is 8.13. The van der Waals surface area contributed by atoms with Crippen molar-refractivity contribution in [3.8, 4) is 0 Å². The molecule has 0 saturated carbocycles. The first-order chi connectivity index (χ1) is 7.69. The van der Waals surface area contributed by atoms with E-state index in [9.17, 15) is 0 Å². The van der Waals surface area contributed by atoms with Crippen molar-refractivity contribution in [3.63, 3.8) is 0 Å². The first-order valence-electron chi connectivity index (χ1n) is 6.03. The highest BCUT2D eigenvalue weighted by Gasteiger charge is 2.25. The number of hydrogen-bond acceptors (Lipinski definition) is 4. The number of aryl methyl sites for hydroxylation is 1. The first kappa shape index (κ1) is 11.6. The Hall–Kier alpha value is -0.870. The Bertz CT molecular complexity index is 337.